The van der Waals surface area contributed by atoms with Gasteiger partial charge < -0.3 is 25.7 Å². The van der Waals surface area contributed by atoms with Crippen molar-refractivity contribution >= 4 is 29.4 Å². The van der Waals surface area contributed by atoms with Crippen LogP contribution in [0.2, 0.25) is 0 Å². The number of nitrogens with one attached hydrogen (secondary N) is 3. The second-order valence-corrected chi connectivity index (χ2v) is 6.80. The van der Waals surface area contributed by atoms with E-state index in [1.165, 1.54) is 17.3 Å². The first-order valence-electron chi connectivity index (χ1n) is 8.98. The van der Waals surface area contributed by atoms with Gasteiger partial charge >= 0.3 is 0 Å². The summed E-state index contributed by atoms with van der Waals surface area (Å²) in [6, 6.07) is 8.09. The molecule has 8 heteroatoms. The van der Waals surface area contributed by atoms with Crippen molar-refractivity contribution in [1.82, 2.24) is 10.3 Å². The summed E-state index contributed by atoms with van der Waals surface area (Å²) in [6.07, 6.45) is 2.63. The van der Waals surface area contributed by atoms with Crippen molar-refractivity contribution in [2.75, 3.05) is 23.9 Å². The SMILES string of the molecule is CC(C)Nc1cc(C(=O)NC2COc3ccccc3N(C)C2=O)ncc1C=N. The van der Waals surface area contributed by atoms with Gasteiger partial charge in [0.25, 0.3) is 11.8 Å². The third-order valence-corrected chi connectivity index (χ3v) is 4.33. The van der Waals surface area contributed by atoms with E-state index in [2.05, 4.69) is 15.6 Å². The van der Waals surface area contributed by atoms with E-state index >= 15 is 0 Å². The quantitative estimate of drug-likeness (QED) is 0.687. The second kappa shape index (κ2) is 8.08. The van der Waals surface area contributed by atoms with Crippen molar-refractivity contribution < 1.29 is 14.3 Å². The molecule has 0 aliphatic carbocycles. The number of rotatable bonds is 5. The Hall–Kier alpha value is -3.42. The molecule has 0 bridgehead atoms. The molecule has 0 radical (unpaired) electrons. The summed E-state index contributed by atoms with van der Waals surface area (Å²) in [5.74, 6) is -0.161. The van der Waals surface area contributed by atoms with Crippen molar-refractivity contribution in [2.24, 2.45) is 0 Å². The maximum Gasteiger partial charge on any atom is 0.270 e. The average molecular weight is 381 g/mol. The van der Waals surface area contributed by atoms with Gasteiger partial charge in [0.2, 0.25) is 0 Å². The Labute approximate surface area is 163 Å². The first-order valence-corrected chi connectivity index (χ1v) is 8.98. The molecule has 2 heterocycles. The zero-order chi connectivity index (χ0) is 20.3. The molecule has 1 aliphatic rings. The number of anilines is 2. The van der Waals surface area contributed by atoms with Gasteiger partial charge in [-0.25, -0.2) is 0 Å². The summed E-state index contributed by atoms with van der Waals surface area (Å²) in [5, 5.41) is 13.4. The zero-order valence-electron chi connectivity index (χ0n) is 16.0. The molecule has 3 N–H and O–H groups in total. The van der Waals surface area contributed by atoms with Crippen molar-refractivity contribution in [3.05, 3.63) is 47.8 Å². The lowest BCUT2D eigenvalue weighted by atomic mass is 10.2. The summed E-state index contributed by atoms with van der Waals surface area (Å²) in [4.78, 5) is 31.1. The number of hydrogen-bond donors (Lipinski definition) is 3. The van der Waals surface area contributed by atoms with Crippen molar-refractivity contribution in [3.63, 3.8) is 0 Å². The molecule has 1 aromatic carbocycles. The number of ether oxygens (including phenoxy) is 1. The molecule has 2 amide bonds. The Morgan fingerprint density at radius 1 is 1.39 bits per heavy atom. The highest BCUT2D eigenvalue weighted by Gasteiger charge is 2.30. The topological polar surface area (TPSA) is 107 Å². The number of aromatic nitrogens is 1. The molecule has 1 aromatic heterocycles. The molecule has 146 valence electrons. The molecule has 3 rings (SSSR count). The van der Waals surface area contributed by atoms with Crippen LogP contribution in [0.1, 0.15) is 29.9 Å². The fraction of sp³-hybridized carbons (Fsp3) is 0.300. The van der Waals surface area contributed by atoms with Crippen LogP contribution in [0.25, 0.3) is 0 Å². The number of pyridine rings is 1. The molecule has 28 heavy (non-hydrogen) atoms. The van der Waals surface area contributed by atoms with Crippen LogP contribution in [0.5, 0.6) is 5.75 Å². The lowest BCUT2D eigenvalue weighted by Crippen LogP contribution is -2.49. The van der Waals surface area contributed by atoms with E-state index < -0.39 is 11.9 Å². The number of amides is 2. The predicted octanol–water partition coefficient (Wildman–Crippen LogP) is 2.05. The van der Waals surface area contributed by atoms with Crippen molar-refractivity contribution in [1.29, 1.82) is 5.41 Å². The molecular weight excluding hydrogens is 358 g/mol. The van der Waals surface area contributed by atoms with Crippen LogP contribution in [0, 0.1) is 5.41 Å². The molecule has 0 saturated heterocycles. The fourth-order valence-electron chi connectivity index (χ4n) is 2.93. The molecule has 1 aliphatic heterocycles. The van der Waals surface area contributed by atoms with Gasteiger partial charge in [0.1, 0.15) is 24.1 Å². The van der Waals surface area contributed by atoms with Gasteiger partial charge in [-0.05, 0) is 32.0 Å². The normalized spacial score (nSPS) is 16.1. The lowest BCUT2D eigenvalue weighted by Gasteiger charge is -2.20. The van der Waals surface area contributed by atoms with E-state index in [-0.39, 0.29) is 24.2 Å². The summed E-state index contributed by atoms with van der Waals surface area (Å²) in [7, 11) is 1.65. The maximum absolute atomic E-state index is 12.8. The van der Waals surface area contributed by atoms with Gasteiger partial charge in [0.05, 0.1) is 5.69 Å². The van der Waals surface area contributed by atoms with Crippen LogP contribution >= 0.6 is 0 Å². The monoisotopic (exact) mass is 381 g/mol. The molecule has 8 nitrogen and oxygen atoms in total. The van der Waals surface area contributed by atoms with Gasteiger partial charge in [-0.1, -0.05) is 12.1 Å². The van der Waals surface area contributed by atoms with Crippen LogP contribution in [0.3, 0.4) is 0 Å². The summed E-state index contributed by atoms with van der Waals surface area (Å²) in [5.41, 5.74) is 2.03. The zero-order valence-corrected chi connectivity index (χ0v) is 16.0. The number of fused-ring (bicyclic) bond motifs is 1. The fourth-order valence-corrected chi connectivity index (χ4v) is 2.93. The Morgan fingerprint density at radius 2 is 2.14 bits per heavy atom. The van der Waals surface area contributed by atoms with Crippen LogP contribution in [0.4, 0.5) is 11.4 Å². The van der Waals surface area contributed by atoms with Crippen molar-refractivity contribution in [3.8, 4) is 5.75 Å². The van der Waals surface area contributed by atoms with E-state index in [0.717, 1.165) is 0 Å². The van der Waals surface area contributed by atoms with E-state index in [0.29, 0.717) is 22.7 Å². The first-order chi connectivity index (χ1) is 13.4. The largest absolute Gasteiger partial charge is 0.489 e. The maximum atomic E-state index is 12.8. The number of carbonyl (C=O) groups is 2. The van der Waals surface area contributed by atoms with E-state index in [4.69, 9.17) is 10.1 Å². The molecule has 0 saturated carbocycles. The molecule has 1 unspecified atom stereocenters. The Morgan fingerprint density at radius 3 is 2.86 bits per heavy atom. The van der Waals surface area contributed by atoms with Crippen LogP contribution in [-0.4, -0.2) is 48.8 Å². The van der Waals surface area contributed by atoms with Crippen molar-refractivity contribution in [2.45, 2.75) is 25.9 Å². The number of nitrogens with zero attached hydrogens (tertiary/aromatic N) is 2. The Bertz CT molecular complexity index is 912. The Balaban J connectivity index is 1.79. The van der Waals surface area contributed by atoms with Gasteiger partial charge in [-0.2, -0.15) is 0 Å². The molecule has 0 spiro atoms. The van der Waals surface area contributed by atoms with Gasteiger partial charge in [-0.3, -0.25) is 14.6 Å². The number of benzene rings is 1. The van der Waals surface area contributed by atoms with Crippen LogP contribution in [-0.2, 0) is 4.79 Å². The number of carbonyl (C=O) groups excluding carboxylic acids is 2. The third-order valence-electron chi connectivity index (χ3n) is 4.33. The van der Waals surface area contributed by atoms with Crippen LogP contribution < -0.4 is 20.3 Å². The summed E-state index contributed by atoms with van der Waals surface area (Å²) in [6.45, 7) is 3.95. The third kappa shape index (κ3) is 3.95. The smallest absolute Gasteiger partial charge is 0.270 e. The van der Waals surface area contributed by atoms with E-state index in [9.17, 15) is 9.59 Å². The van der Waals surface area contributed by atoms with Crippen LogP contribution in [0.15, 0.2) is 36.5 Å². The van der Waals surface area contributed by atoms with Gasteiger partial charge in [0.15, 0.2) is 0 Å². The molecular formula is C20H23N5O3. The molecule has 0 fully saturated rings. The summed E-state index contributed by atoms with van der Waals surface area (Å²) >= 11 is 0. The van der Waals surface area contributed by atoms with Gasteiger partial charge in [-0.15, -0.1) is 0 Å². The number of hydrogen-bond acceptors (Lipinski definition) is 6. The highest BCUT2D eigenvalue weighted by molar-refractivity contribution is 6.03. The minimum absolute atomic E-state index is 0.0294. The highest BCUT2D eigenvalue weighted by atomic mass is 16.5. The molecule has 1 atom stereocenters. The lowest BCUT2D eigenvalue weighted by molar-refractivity contribution is -0.120. The predicted molar refractivity (Wildman–Crippen MR) is 107 cm³/mol. The average Bonchev–Trinajstić information content (AvgIpc) is 2.80. The summed E-state index contributed by atoms with van der Waals surface area (Å²) < 4.78 is 5.71. The number of para-hydroxylation sites is 2. The van der Waals surface area contributed by atoms with E-state index in [1.807, 2.05) is 26.0 Å². The minimum atomic E-state index is -0.837. The Kier molecular flexibility index (Phi) is 5.58. The highest BCUT2D eigenvalue weighted by Crippen LogP contribution is 2.29. The van der Waals surface area contributed by atoms with Gasteiger partial charge in [0, 0.05) is 36.8 Å². The first kappa shape index (κ1) is 19.3. The standard InChI is InChI=1S/C20H23N5O3/c1-12(2)23-14-8-15(22-10-13(14)9-21)19(26)24-16-11-28-18-7-5-4-6-17(18)25(3)20(16)27/h4-10,12,16,21H,11H2,1-3H3,(H,22,23)(H,24,26). The molecule has 2 aromatic rings. The second-order valence-electron chi connectivity index (χ2n) is 6.80. The number of likely N-dealkylation sites (N-methyl/N-ethyl adjacent to an activating group) is 1. The van der Waals surface area contributed by atoms with E-state index in [1.54, 1.807) is 25.2 Å². The minimum Gasteiger partial charge on any atom is -0.489 e.